The minimum Gasteiger partial charge on any atom is -0.497 e. The molecule has 0 aliphatic heterocycles. The molecule has 1 heterocycles. The van der Waals surface area contributed by atoms with Crippen LogP contribution in [0.15, 0.2) is 52.1 Å². The van der Waals surface area contributed by atoms with Crippen molar-refractivity contribution in [3.05, 3.63) is 48.0 Å². The summed E-state index contributed by atoms with van der Waals surface area (Å²) in [5, 5.41) is 18.6. The second kappa shape index (κ2) is 9.48. The number of rotatable bonds is 9. The van der Waals surface area contributed by atoms with Crippen molar-refractivity contribution in [3.63, 3.8) is 0 Å². The van der Waals surface area contributed by atoms with E-state index < -0.39 is 6.10 Å². The summed E-state index contributed by atoms with van der Waals surface area (Å²) in [6, 6.07) is 13.0. The number of ether oxygens (including phenoxy) is 3. The Bertz CT molecular complexity index is 893. The van der Waals surface area contributed by atoms with Crippen molar-refractivity contribution in [2.75, 3.05) is 26.6 Å². The van der Waals surface area contributed by atoms with E-state index in [1.165, 1.54) is 11.8 Å². The summed E-state index contributed by atoms with van der Waals surface area (Å²) in [6.07, 6.45) is -0.670. The van der Waals surface area contributed by atoms with E-state index >= 15 is 0 Å². The number of para-hydroxylation sites is 1. The van der Waals surface area contributed by atoms with Crippen molar-refractivity contribution in [2.24, 2.45) is 0 Å². The molecular formula is C20H22N2O5S. The van der Waals surface area contributed by atoms with Crippen molar-refractivity contribution in [3.8, 4) is 28.7 Å². The number of aromatic nitrogens is 2. The molecule has 0 saturated heterocycles. The minimum absolute atomic E-state index is 0.186. The van der Waals surface area contributed by atoms with Gasteiger partial charge in [-0.25, -0.2) is 0 Å². The molecule has 0 spiro atoms. The summed E-state index contributed by atoms with van der Waals surface area (Å²) < 4.78 is 21.8. The van der Waals surface area contributed by atoms with Gasteiger partial charge in [0.15, 0.2) is 0 Å². The summed E-state index contributed by atoms with van der Waals surface area (Å²) in [5.41, 5.74) is 1.72. The van der Waals surface area contributed by atoms with E-state index in [1.54, 1.807) is 32.4 Å². The molecule has 1 N–H and O–H groups in total. The Hall–Kier alpha value is -2.71. The van der Waals surface area contributed by atoms with Gasteiger partial charge in [0.2, 0.25) is 5.89 Å². The van der Waals surface area contributed by atoms with Gasteiger partial charge in [-0.2, -0.15) is 0 Å². The molecule has 0 amide bonds. The maximum absolute atomic E-state index is 10.2. The number of aryl methyl sites for hydroxylation is 1. The van der Waals surface area contributed by atoms with E-state index in [2.05, 4.69) is 10.2 Å². The number of thioether (sulfide) groups is 1. The molecule has 1 aromatic heterocycles. The van der Waals surface area contributed by atoms with Gasteiger partial charge in [-0.3, -0.25) is 0 Å². The highest BCUT2D eigenvalue weighted by atomic mass is 32.2. The number of aliphatic hydroxyl groups is 1. The molecule has 3 rings (SSSR count). The molecule has 0 unspecified atom stereocenters. The third-order valence-corrected chi connectivity index (χ3v) is 4.89. The van der Waals surface area contributed by atoms with Crippen LogP contribution >= 0.6 is 11.8 Å². The molecule has 2 aromatic carbocycles. The molecule has 148 valence electrons. The number of methoxy groups -OCH3 is 2. The van der Waals surface area contributed by atoms with Crippen LogP contribution in [0, 0.1) is 6.92 Å². The standard InChI is InChI=1S/C20H22N2O5S/c1-13-6-4-5-7-18(13)26-11-15(23)12-28-20-22-21-19(27-20)14-8-16(24-2)10-17(9-14)25-3/h4-10,15,23H,11-12H2,1-3H3/t15-/m1/s1. The third kappa shape index (κ3) is 5.17. The minimum atomic E-state index is -0.670. The Morgan fingerprint density at radius 2 is 1.79 bits per heavy atom. The average Bonchev–Trinajstić information content (AvgIpc) is 3.20. The first-order valence-corrected chi connectivity index (χ1v) is 9.64. The first kappa shape index (κ1) is 20.0. The summed E-state index contributed by atoms with van der Waals surface area (Å²) in [5.74, 6) is 2.74. The van der Waals surface area contributed by atoms with Crippen LogP contribution in [0.2, 0.25) is 0 Å². The molecule has 3 aromatic rings. The van der Waals surface area contributed by atoms with E-state index in [4.69, 9.17) is 18.6 Å². The molecule has 28 heavy (non-hydrogen) atoms. The van der Waals surface area contributed by atoms with Crippen molar-refractivity contribution in [1.29, 1.82) is 0 Å². The summed E-state index contributed by atoms with van der Waals surface area (Å²) in [4.78, 5) is 0. The second-order valence-electron chi connectivity index (χ2n) is 6.02. The van der Waals surface area contributed by atoms with Gasteiger partial charge in [0.25, 0.3) is 5.22 Å². The molecule has 0 aliphatic carbocycles. The normalized spacial score (nSPS) is 11.9. The second-order valence-corrected chi connectivity index (χ2v) is 6.99. The molecule has 0 radical (unpaired) electrons. The number of aliphatic hydroxyl groups excluding tert-OH is 1. The number of hydrogen-bond donors (Lipinski definition) is 1. The number of nitrogens with zero attached hydrogens (tertiary/aromatic N) is 2. The van der Waals surface area contributed by atoms with E-state index in [-0.39, 0.29) is 6.61 Å². The van der Waals surface area contributed by atoms with E-state index in [0.29, 0.717) is 33.9 Å². The third-order valence-electron chi connectivity index (χ3n) is 3.93. The van der Waals surface area contributed by atoms with Gasteiger partial charge in [0.05, 0.1) is 20.3 Å². The lowest BCUT2D eigenvalue weighted by Crippen LogP contribution is -2.20. The fourth-order valence-corrected chi connectivity index (χ4v) is 3.10. The van der Waals surface area contributed by atoms with Crippen LogP contribution in [-0.4, -0.2) is 48.0 Å². The summed E-state index contributed by atoms with van der Waals surface area (Å²) in [7, 11) is 3.15. The topological polar surface area (TPSA) is 86.8 Å². The summed E-state index contributed by atoms with van der Waals surface area (Å²) >= 11 is 1.27. The van der Waals surface area contributed by atoms with Gasteiger partial charge in [-0.1, -0.05) is 30.0 Å². The number of benzene rings is 2. The molecule has 0 aliphatic rings. The smallest absolute Gasteiger partial charge is 0.276 e. The fourth-order valence-electron chi connectivity index (χ4n) is 2.44. The van der Waals surface area contributed by atoms with Crippen molar-refractivity contribution < 1.29 is 23.7 Å². The molecule has 7 nitrogen and oxygen atoms in total. The predicted molar refractivity (Wildman–Crippen MR) is 106 cm³/mol. The Balaban J connectivity index is 1.57. The highest BCUT2D eigenvalue weighted by Gasteiger charge is 2.14. The molecule has 1 atom stereocenters. The molecule has 0 saturated carbocycles. The van der Waals surface area contributed by atoms with Crippen LogP contribution < -0.4 is 14.2 Å². The highest BCUT2D eigenvalue weighted by molar-refractivity contribution is 7.99. The van der Waals surface area contributed by atoms with Crippen molar-refractivity contribution in [1.82, 2.24) is 10.2 Å². The van der Waals surface area contributed by atoms with E-state index in [1.807, 2.05) is 31.2 Å². The fraction of sp³-hybridized carbons (Fsp3) is 0.300. The summed E-state index contributed by atoms with van der Waals surface area (Å²) in [6.45, 7) is 2.15. The van der Waals surface area contributed by atoms with Crippen LogP contribution in [-0.2, 0) is 0 Å². The Morgan fingerprint density at radius 3 is 2.46 bits per heavy atom. The lowest BCUT2D eigenvalue weighted by molar-refractivity contribution is 0.126. The Morgan fingerprint density at radius 1 is 1.07 bits per heavy atom. The lowest BCUT2D eigenvalue weighted by atomic mass is 10.2. The predicted octanol–water partition coefficient (Wildman–Crippen LogP) is 3.59. The molecule has 0 bridgehead atoms. The zero-order valence-corrected chi connectivity index (χ0v) is 16.7. The average molecular weight is 402 g/mol. The largest absolute Gasteiger partial charge is 0.497 e. The molecule has 0 fully saturated rings. The maximum atomic E-state index is 10.2. The van der Waals surface area contributed by atoms with Gasteiger partial charge in [-0.05, 0) is 30.7 Å². The monoisotopic (exact) mass is 402 g/mol. The Kier molecular flexibility index (Phi) is 6.78. The van der Waals surface area contributed by atoms with Crippen LogP contribution in [0.4, 0.5) is 0 Å². The number of hydrogen-bond acceptors (Lipinski definition) is 8. The molecular weight excluding hydrogens is 380 g/mol. The zero-order valence-electron chi connectivity index (χ0n) is 15.9. The van der Waals surface area contributed by atoms with Crippen LogP contribution in [0.25, 0.3) is 11.5 Å². The van der Waals surface area contributed by atoms with Gasteiger partial charge in [-0.15, -0.1) is 10.2 Å². The van der Waals surface area contributed by atoms with Crippen LogP contribution in [0.5, 0.6) is 17.2 Å². The first-order valence-electron chi connectivity index (χ1n) is 8.65. The van der Waals surface area contributed by atoms with Crippen molar-refractivity contribution >= 4 is 11.8 Å². The van der Waals surface area contributed by atoms with Crippen LogP contribution in [0.1, 0.15) is 5.56 Å². The quantitative estimate of drug-likeness (QED) is 0.544. The van der Waals surface area contributed by atoms with E-state index in [0.717, 1.165) is 11.3 Å². The lowest BCUT2D eigenvalue weighted by Gasteiger charge is -2.12. The van der Waals surface area contributed by atoms with Gasteiger partial charge in [0, 0.05) is 17.4 Å². The van der Waals surface area contributed by atoms with Gasteiger partial charge in [0.1, 0.15) is 23.9 Å². The van der Waals surface area contributed by atoms with Crippen LogP contribution in [0.3, 0.4) is 0 Å². The Labute approximate surface area is 167 Å². The first-order chi connectivity index (χ1) is 13.6. The van der Waals surface area contributed by atoms with Gasteiger partial charge < -0.3 is 23.7 Å². The van der Waals surface area contributed by atoms with Gasteiger partial charge >= 0.3 is 0 Å². The van der Waals surface area contributed by atoms with Crippen molar-refractivity contribution in [2.45, 2.75) is 18.3 Å². The zero-order chi connectivity index (χ0) is 19.9. The highest BCUT2D eigenvalue weighted by Crippen LogP contribution is 2.30. The maximum Gasteiger partial charge on any atom is 0.276 e. The van der Waals surface area contributed by atoms with E-state index in [9.17, 15) is 5.11 Å². The molecule has 8 heteroatoms. The SMILES string of the molecule is COc1cc(OC)cc(-c2nnc(SC[C@H](O)COc3ccccc3C)o2)c1.